The van der Waals surface area contributed by atoms with Crippen LogP contribution in [0.5, 0.6) is 0 Å². The molecule has 9 heteroatoms. The van der Waals surface area contributed by atoms with Gasteiger partial charge in [0.2, 0.25) is 5.91 Å². The minimum absolute atomic E-state index is 0.177. The summed E-state index contributed by atoms with van der Waals surface area (Å²) in [5.74, 6) is -0.314. The number of amides is 2. The van der Waals surface area contributed by atoms with Gasteiger partial charge in [-0.3, -0.25) is 14.7 Å². The number of benzene rings is 1. The first kappa shape index (κ1) is 20.1. The molecule has 0 bridgehead atoms. The summed E-state index contributed by atoms with van der Waals surface area (Å²) >= 11 is 0. The largest absolute Gasteiger partial charge is 0.442 e. The highest BCUT2D eigenvalue weighted by Crippen LogP contribution is 2.62. The van der Waals surface area contributed by atoms with E-state index in [4.69, 9.17) is 9.47 Å². The molecule has 0 radical (unpaired) electrons. The van der Waals surface area contributed by atoms with Gasteiger partial charge in [-0.2, -0.15) is 5.26 Å². The van der Waals surface area contributed by atoms with Gasteiger partial charge in [0.25, 0.3) is 0 Å². The number of rotatable bonds is 4. The van der Waals surface area contributed by atoms with Crippen molar-refractivity contribution in [1.29, 1.82) is 5.26 Å². The number of aromatic nitrogens is 1. The van der Waals surface area contributed by atoms with Crippen molar-refractivity contribution in [2.45, 2.75) is 30.9 Å². The summed E-state index contributed by atoms with van der Waals surface area (Å²) in [6, 6.07) is 8.86. The highest BCUT2D eigenvalue weighted by atomic mass is 19.1. The third-order valence-electron chi connectivity index (χ3n) is 7.44. The molecule has 3 aliphatic heterocycles. The molecule has 3 fully saturated rings. The van der Waals surface area contributed by atoms with Crippen LogP contribution in [-0.4, -0.2) is 48.9 Å². The SMILES string of the molecule is CC(=O)NC[C@@H]1OC(=O)N2c3cc(F)c(-c4ccc(C5(C#N)C6COCC65)nc4)cc3C[C@@H]12. The van der Waals surface area contributed by atoms with E-state index < -0.39 is 23.4 Å². The smallest absolute Gasteiger partial charge is 0.415 e. The molecule has 1 aromatic heterocycles. The number of nitrogens with zero attached hydrogens (tertiary/aromatic N) is 3. The monoisotopic (exact) mass is 448 g/mol. The summed E-state index contributed by atoms with van der Waals surface area (Å²) in [4.78, 5) is 29.7. The van der Waals surface area contributed by atoms with E-state index in [1.165, 1.54) is 17.9 Å². The van der Waals surface area contributed by atoms with Crippen LogP contribution in [-0.2, 0) is 26.1 Å². The standard InChI is InChI=1S/C24H21FN4O4/c1-12(30)27-8-21-20-5-14-4-15(18(25)6-19(14)29(20)23(31)33-21)13-2-3-22(28-7-13)24(11-26)16-9-32-10-17(16)24/h2-4,6-7,16-17,20-21H,5,8-10H2,1H3,(H,27,30)/t16?,17?,20-,21-,24?/m0/s1. The maximum atomic E-state index is 15.1. The third-order valence-corrected chi connectivity index (χ3v) is 7.44. The van der Waals surface area contributed by atoms with E-state index in [2.05, 4.69) is 16.4 Å². The number of cyclic esters (lactones) is 1. The number of hydrogen-bond donors (Lipinski definition) is 1. The van der Waals surface area contributed by atoms with E-state index in [0.29, 0.717) is 42.1 Å². The molecule has 1 aromatic carbocycles. The molecule has 0 spiro atoms. The van der Waals surface area contributed by atoms with Crippen LogP contribution in [0.15, 0.2) is 30.5 Å². The van der Waals surface area contributed by atoms with Gasteiger partial charge < -0.3 is 14.8 Å². The zero-order chi connectivity index (χ0) is 22.9. The van der Waals surface area contributed by atoms with Crippen LogP contribution >= 0.6 is 0 Å². The van der Waals surface area contributed by atoms with Crippen molar-refractivity contribution in [3.05, 3.63) is 47.5 Å². The minimum Gasteiger partial charge on any atom is -0.442 e. The van der Waals surface area contributed by atoms with Gasteiger partial charge in [-0.05, 0) is 30.2 Å². The first-order chi connectivity index (χ1) is 15.9. The molecule has 8 nitrogen and oxygen atoms in total. The summed E-state index contributed by atoms with van der Waals surface area (Å²) in [5, 5.41) is 12.5. The molecule has 1 aliphatic carbocycles. The number of carbonyl (C=O) groups excluding carboxylic acids is 2. The molecule has 2 unspecified atom stereocenters. The predicted molar refractivity (Wildman–Crippen MR) is 114 cm³/mol. The molecular formula is C24H21FN4O4. The lowest BCUT2D eigenvalue weighted by Gasteiger charge is -2.16. The first-order valence-corrected chi connectivity index (χ1v) is 11.0. The molecule has 4 aliphatic rings. The van der Waals surface area contributed by atoms with E-state index in [-0.39, 0.29) is 30.3 Å². The second-order valence-electron chi connectivity index (χ2n) is 9.12. The topological polar surface area (TPSA) is 105 Å². The Morgan fingerprint density at radius 3 is 2.82 bits per heavy atom. The average Bonchev–Trinajstić information content (AvgIpc) is 3.19. The molecule has 2 aromatic rings. The fourth-order valence-electron chi connectivity index (χ4n) is 5.69. The summed E-state index contributed by atoms with van der Waals surface area (Å²) in [6.07, 6.45) is 1.08. The van der Waals surface area contributed by atoms with Crippen LogP contribution < -0.4 is 10.2 Å². The molecular weight excluding hydrogens is 427 g/mol. The first-order valence-electron chi connectivity index (χ1n) is 11.0. The van der Waals surface area contributed by atoms with Crippen LogP contribution in [0.25, 0.3) is 11.1 Å². The number of halogens is 1. The molecule has 6 rings (SSSR count). The predicted octanol–water partition coefficient (Wildman–Crippen LogP) is 2.31. The Morgan fingerprint density at radius 2 is 2.15 bits per heavy atom. The molecule has 168 valence electrons. The fraction of sp³-hybridized carbons (Fsp3) is 0.417. The fourth-order valence-corrected chi connectivity index (χ4v) is 5.69. The van der Waals surface area contributed by atoms with Crippen LogP contribution in [0.2, 0.25) is 0 Å². The van der Waals surface area contributed by atoms with Crippen LogP contribution in [0.1, 0.15) is 18.2 Å². The van der Waals surface area contributed by atoms with Gasteiger partial charge in [-0.1, -0.05) is 6.07 Å². The van der Waals surface area contributed by atoms with Crippen LogP contribution in [0.4, 0.5) is 14.9 Å². The van der Waals surface area contributed by atoms with Crippen LogP contribution in [0, 0.1) is 29.0 Å². The Kier molecular flexibility index (Phi) is 4.26. The van der Waals surface area contributed by atoms with E-state index in [0.717, 1.165) is 5.56 Å². The lowest BCUT2D eigenvalue weighted by molar-refractivity contribution is -0.119. The molecule has 4 heterocycles. The highest BCUT2D eigenvalue weighted by Gasteiger charge is 2.70. The van der Waals surface area contributed by atoms with E-state index in [9.17, 15) is 14.9 Å². The Morgan fingerprint density at radius 1 is 1.36 bits per heavy atom. The zero-order valence-corrected chi connectivity index (χ0v) is 17.9. The average molecular weight is 448 g/mol. The third kappa shape index (κ3) is 2.80. The number of nitrogens with one attached hydrogen (secondary N) is 1. The van der Waals surface area contributed by atoms with Gasteiger partial charge in [0.05, 0.1) is 43.3 Å². The maximum Gasteiger partial charge on any atom is 0.415 e. The van der Waals surface area contributed by atoms with Gasteiger partial charge in [-0.15, -0.1) is 0 Å². The second-order valence-corrected chi connectivity index (χ2v) is 9.12. The lowest BCUT2D eigenvalue weighted by Crippen LogP contribution is -2.40. The molecule has 1 saturated carbocycles. The number of anilines is 1. The minimum atomic E-state index is -0.596. The van der Waals surface area contributed by atoms with E-state index in [1.54, 1.807) is 18.3 Å². The molecule has 2 amide bonds. The zero-order valence-electron chi connectivity index (χ0n) is 17.9. The van der Waals surface area contributed by atoms with E-state index in [1.807, 2.05) is 6.07 Å². The van der Waals surface area contributed by atoms with Gasteiger partial charge in [0.1, 0.15) is 17.3 Å². The second kappa shape index (κ2) is 6.99. The maximum absolute atomic E-state index is 15.1. The Bertz CT molecular complexity index is 1210. The number of ether oxygens (including phenoxy) is 2. The Balaban J connectivity index is 1.28. The van der Waals surface area contributed by atoms with Crippen molar-refractivity contribution in [2.24, 2.45) is 11.8 Å². The molecule has 1 N–H and O–H groups in total. The quantitative estimate of drug-likeness (QED) is 0.770. The number of nitriles is 1. The van der Waals surface area contributed by atoms with Crippen molar-refractivity contribution >= 4 is 17.7 Å². The highest BCUT2D eigenvalue weighted by molar-refractivity contribution is 5.94. The molecule has 33 heavy (non-hydrogen) atoms. The summed E-state index contributed by atoms with van der Waals surface area (Å²) < 4.78 is 25.9. The Labute approximate surface area is 189 Å². The number of carbonyl (C=O) groups is 2. The Hall–Kier alpha value is -3.51. The van der Waals surface area contributed by atoms with Crippen molar-refractivity contribution in [3.8, 4) is 17.2 Å². The normalized spacial score (nSPS) is 30.8. The van der Waals surface area contributed by atoms with Crippen molar-refractivity contribution in [1.82, 2.24) is 10.3 Å². The summed E-state index contributed by atoms with van der Waals surface area (Å²) in [7, 11) is 0. The van der Waals surface area contributed by atoms with Crippen molar-refractivity contribution in [3.63, 3.8) is 0 Å². The lowest BCUT2D eigenvalue weighted by atomic mass is 9.95. The van der Waals surface area contributed by atoms with Crippen molar-refractivity contribution in [2.75, 3.05) is 24.7 Å². The van der Waals surface area contributed by atoms with E-state index >= 15 is 4.39 Å². The number of pyridine rings is 1. The summed E-state index contributed by atoms with van der Waals surface area (Å²) in [5.41, 5.74) is 2.45. The number of hydrogen-bond acceptors (Lipinski definition) is 6. The summed E-state index contributed by atoms with van der Waals surface area (Å²) in [6.45, 7) is 2.76. The van der Waals surface area contributed by atoms with Gasteiger partial charge >= 0.3 is 6.09 Å². The van der Waals surface area contributed by atoms with Gasteiger partial charge in [-0.25, -0.2) is 9.18 Å². The van der Waals surface area contributed by atoms with Gasteiger partial charge in [0, 0.05) is 36.1 Å². The van der Waals surface area contributed by atoms with Crippen molar-refractivity contribution < 1.29 is 23.5 Å². The van der Waals surface area contributed by atoms with Gasteiger partial charge in [0.15, 0.2) is 0 Å². The molecule has 4 atom stereocenters. The molecule has 2 saturated heterocycles. The van der Waals surface area contributed by atoms with Crippen LogP contribution in [0.3, 0.4) is 0 Å². The number of fused-ring (bicyclic) bond motifs is 4.